The smallest absolute Gasteiger partial charge is 0.318 e. The van der Waals surface area contributed by atoms with Gasteiger partial charge in [0, 0.05) is 17.6 Å². The van der Waals surface area contributed by atoms with Crippen LogP contribution in [0.1, 0.15) is 31.9 Å². The average Bonchev–Trinajstić information content (AvgIpc) is 2.81. The molecule has 1 aliphatic rings. The number of likely N-dealkylation sites (tertiary alicyclic amines) is 1. The zero-order valence-electron chi connectivity index (χ0n) is 12.0. The lowest BCUT2D eigenvalue weighted by Gasteiger charge is -2.26. The number of benzene rings is 1. The number of aliphatic carboxylic acids is 1. The van der Waals surface area contributed by atoms with Gasteiger partial charge in [-0.05, 0) is 38.0 Å². The fourth-order valence-electron chi connectivity index (χ4n) is 2.66. The number of halogens is 1. The van der Waals surface area contributed by atoms with Crippen LogP contribution in [-0.2, 0) is 4.79 Å². The molecule has 114 valence electrons. The minimum absolute atomic E-state index is 0.161. The first kappa shape index (κ1) is 15.6. The summed E-state index contributed by atoms with van der Waals surface area (Å²) >= 11 is 5.84. The lowest BCUT2D eigenvalue weighted by atomic mass is 10.0. The molecule has 1 fully saturated rings. The Balaban J connectivity index is 1.98. The highest BCUT2D eigenvalue weighted by Crippen LogP contribution is 2.25. The van der Waals surface area contributed by atoms with Crippen LogP contribution in [0.2, 0.25) is 5.02 Å². The summed E-state index contributed by atoms with van der Waals surface area (Å²) in [7, 11) is 0. The predicted molar refractivity (Wildman–Crippen MR) is 80.3 cm³/mol. The third-order valence-corrected chi connectivity index (χ3v) is 4.29. The molecule has 2 rings (SSSR count). The summed E-state index contributed by atoms with van der Waals surface area (Å²) in [6.07, 6.45) is 0.499. The quantitative estimate of drug-likeness (QED) is 0.902. The summed E-state index contributed by atoms with van der Waals surface area (Å²) in [6.45, 7) is 4.13. The fourth-order valence-corrected chi connectivity index (χ4v) is 2.79. The highest BCUT2D eigenvalue weighted by molar-refractivity contribution is 6.30. The van der Waals surface area contributed by atoms with Crippen LogP contribution in [0.25, 0.3) is 0 Å². The van der Waals surface area contributed by atoms with Gasteiger partial charge in [-0.15, -0.1) is 0 Å². The number of rotatable bonds is 3. The second-order valence-electron chi connectivity index (χ2n) is 5.39. The molecule has 0 saturated carbocycles. The third kappa shape index (κ3) is 3.47. The Morgan fingerprint density at radius 1 is 1.38 bits per heavy atom. The van der Waals surface area contributed by atoms with Gasteiger partial charge in [0.15, 0.2) is 0 Å². The maximum absolute atomic E-state index is 12.3. The van der Waals surface area contributed by atoms with E-state index in [0.29, 0.717) is 18.0 Å². The molecular formula is C15H19ClN2O3. The van der Waals surface area contributed by atoms with Gasteiger partial charge in [-0.25, -0.2) is 4.79 Å². The van der Waals surface area contributed by atoms with Crippen molar-refractivity contribution in [3.05, 3.63) is 34.9 Å². The van der Waals surface area contributed by atoms with Crippen LogP contribution in [0, 0.1) is 5.92 Å². The van der Waals surface area contributed by atoms with Gasteiger partial charge >= 0.3 is 12.0 Å². The SMILES string of the molecule is CC(NC(=O)N1CCC(C(=O)O)C1C)c1ccc(Cl)cc1. The minimum Gasteiger partial charge on any atom is -0.481 e. The lowest BCUT2D eigenvalue weighted by Crippen LogP contribution is -2.44. The number of carboxylic acid groups (broad SMARTS) is 1. The molecule has 1 heterocycles. The van der Waals surface area contributed by atoms with E-state index < -0.39 is 11.9 Å². The molecule has 3 unspecified atom stereocenters. The number of hydrogen-bond acceptors (Lipinski definition) is 2. The van der Waals surface area contributed by atoms with E-state index in [-0.39, 0.29) is 18.1 Å². The van der Waals surface area contributed by atoms with Crippen molar-refractivity contribution in [3.8, 4) is 0 Å². The minimum atomic E-state index is -0.844. The fraction of sp³-hybridized carbons (Fsp3) is 0.467. The van der Waals surface area contributed by atoms with Crippen LogP contribution in [0.3, 0.4) is 0 Å². The van der Waals surface area contributed by atoms with E-state index in [1.807, 2.05) is 19.1 Å². The average molecular weight is 311 g/mol. The number of carboxylic acids is 1. The largest absolute Gasteiger partial charge is 0.481 e. The van der Waals surface area contributed by atoms with E-state index in [4.69, 9.17) is 16.7 Å². The first-order valence-electron chi connectivity index (χ1n) is 6.95. The highest BCUT2D eigenvalue weighted by Gasteiger charge is 2.38. The number of carbonyl (C=O) groups is 2. The van der Waals surface area contributed by atoms with Gasteiger partial charge in [0.1, 0.15) is 0 Å². The molecule has 21 heavy (non-hydrogen) atoms. The van der Waals surface area contributed by atoms with Crippen molar-refractivity contribution in [2.75, 3.05) is 6.54 Å². The van der Waals surface area contributed by atoms with Crippen molar-refractivity contribution < 1.29 is 14.7 Å². The molecule has 1 aromatic carbocycles. The van der Waals surface area contributed by atoms with E-state index in [0.717, 1.165) is 5.56 Å². The Kier molecular flexibility index (Phi) is 4.73. The summed E-state index contributed by atoms with van der Waals surface area (Å²) in [5, 5.41) is 12.6. The van der Waals surface area contributed by atoms with Crippen LogP contribution in [-0.4, -0.2) is 34.6 Å². The Morgan fingerprint density at radius 3 is 2.52 bits per heavy atom. The van der Waals surface area contributed by atoms with Gasteiger partial charge in [0.25, 0.3) is 0 Å². The second kappa shape index (κ2) is 6.35. The van der Waals surface area contributed by atoms with Crippen LogP contribution in [0.4, 0.5) is 4.79 Å². The van der Waals surface area contributed by atoms with Crippen LogP contribution >= 0.6 is 11.6 Å². The molecule has 0 radical (unpaired) electrons. The summed E-state index contributed by atoms with van der Waals surface area (Å²) in [5.74, 6) is -1.33. The number of urea groups is 1. The highest BCUT2D eigenvalue weighted by atomic mass is 35.5. The summed E-state index contributed by atoms with van der Waals surface area (Å²) in [4.78, 5) is 24.9. The molecule has 0 aliphatic carbocycles. The monoisotopic (exact) mass is 310 g/mol. The van der Waals surface area contributed by atoms with Gasteiger partial charge < -0.3 is 15.3 Å². The molecule has 6 heteroatoms. The maximum atomic E-state index is 12.3. The van der Waals surface area contributed by atoms with Gasteiger partial charge in [0.2, 0.25) is 0 Å². The lowest BCUT2D eigenvalue weighted by molar-refractivity contribution is -0.142. The molecule has 0 bridgehead atoms. The number of carbonyl (C=O) groups excluding carboxylic acids is 1. The maximum Gasteiger partial charge on any atom is 0.318 e. The van der Waals surface area contributed by atoms with Crippen LogP contribution < -0.4 is 5.32 Å². The number of hydrogen-bond donors (Lipinski definition) is 2. The first-order valence-corrected chi connectivity index (χ1v) is 7.33. The van der Waals surface area contributed by atoms with E-state index in [1.165, 1.54) is 0 Å². The molecule has 1 aliphatic heterocycles. The standard InChI is InChI=1S/C15H19ClN2O3/c1-9(11-3-5-12(16)6-4-11)17-15(21)18-8-7-13(10(18)2)14(19)20/h3-6,9-10,13H,7-8H2,1-2H3,(H,17,21)(H,19,20). The van der Waals surface area contributed by atoms with Crippen molar-refractivity contribution in [2.24, 2.45) is 5.92 Å². The molecule has 1 saturated heterocycles. The van der Waals surface area contributed by atoms with Crippen molar-refractivity contribution >= 4 is 23.6 Å². The molecule has 0 aromatic heterocycles. The predicted octanol–water partition coefficient (Wildman–Crippen LogP) is 2.91. The summed E-state index contributed by atoms with van der Waals surface area (Å²) < 4.78 is 0. The molecule has 2 N–H and O–H groups in total. The first-order chi connectivity index (χ1) is 9.90. The van der Waals surface area contributed by atoms with Crippen LogP contribution in [0.15, 0.2) is 24.3 Å². The molecule has 0 spiro atoms. The zero-order chi connectivity index (χ0) is 15.6. The Bertz CT molecular complexity index is 532. The van der Waals surface area contributed by atoms with Crippen molar-refractivity contribution in [1.29, 1.82) is 0 Å². The normalized spacial score (nSPS) is 22.9. The van der Waals surface area contributed by atoms with E-state index in [2.05, 4.69) is 5.32 Å². The van der Waals surface area contributed by atoms with Gasteiger partial charge in [-0.3, -0.25) is 4.79 Å². The van der Waals surface area contributed by atoms with E-state index in [9.17, 15) is 9.59 Å². The molecule has 5 nitrogen and oxygen atoms in total. The van der Waals surface area contributed by atoms with Crippen molar-refractivity contribution in [2.45, 2.75) is 32.4 Å². The van der Waals surface area contributed by atoms with Crippen molar-refractivity contribution in [3.63, 3.8) is 0 Å². The molecule has 1 aromatic rings. The zero-order valence-corrected chi connectivity index (χ0v) is 12.8. The van der Waals surface area contributed by atoms with Gasteiger partial charge in [-0.2, -0.15) is 0 Å². The Labute approximate surface area is 128 Å². The second-order valence-corrected chi connectivity index (χ2v) is 5.83. The van der Waals surface area contributed by atoms with Crippen LogP contribution in [0.5, 0.6) is 0 Å². The molecule has 2 amide bonds. The summed E-state index contributed by atoms with van der Waals surface area (Å²) in [6, 6.07) is 6.60. The number of amides is 2. The van der Waals surface area contributed by atoms with E-state index >= 15 is 0 Å². The Hall–Kier alpha value is -1.75. The summed E-state index contributed by atoms with van der Waals surface area (Å²) in [5.41, 5.74) is 0.953. The number of nitrogens with zero attached hydrogens (tertiary/aromatic N) is 1. The molecule has 3 atom stereocenters. The van der Waals surface area contributed by atoms with Crippen molar-refractivity contribution in [1.82, 2.24) is 10.2 Å². The molecular weight excluding hydrogens is 292 g/mol. The Morgan fingerprint density at radius 2 is 2.00 bits per heavy atom. The van der Waals surface area contributed by atoms with Gasteiger partial charge in [-0.1, -0.05) is 23.7 Å². The topological polar surface area (TPSA) is 69.6 Å². The third-order valence-electron chi connectivity index (χ3n) is 4.04. The van der Waals surface area contributed by atoms with E-state index in [1.54, 1.807) is 24.0 Å². The number of nitrogens with one attached hydrogen (secondary N) is 1. The van der Waals surface area contributed by atoms with Gasteiger partial charge in [0.05, 0.1) is 12.0 Å².